The Hall–Kier alpha value is -0.630. The largest absolute Gasteiger partial charge is 0.312 e. The minimum Gasteiger partial charge on any atom is -0.312 e. The van der Waals surface area contributed by atoms with Crippen molar-refractivity contribution in [1.82, 2.24) is 20.5 Å². The van der Waals surface area contributed by atoms with E-state index in [1.54, 1.807) is 41.1 Å². The number of hydrogen-bond donors (Lipinski definition) is 1. The van der Waals surface area contributed by atoms with Crippen molar-refractivity contribution in [1.29, 1.82) is 0 Å². The second-order valence-electron chi connectivity index (χ2n) is 3.42. The van der Waals surface area contributed by atoms with Crippen LogP contribution in [0, 0.1) is 0 Å². The summed E-state index contributed by atoms with van der Waals surface area (Å²) in [5.41, 5.74) is 1.21. The van der Waals surface area contributed by atoms with Crippen molar-refractivity contribution >= 4 is 34.9 Å². The van der Waals surface area contributed by atoms with Crippen LogP contribution in [0.15, 0.2) is 33.2 Å². The van der Waals surface area contributed by atoms with Crippen molar-refractivity contribution in [2.24, 2.45) is 0 Å². The van der Waals surface area contributed by atoms with E-state index in [-0.39, 0.29) is 0 Å². The molecule has 0 spiro atoms. The van der Waals surface area contributed by atoms with Gasteiger partial charge in [-0.2, -0.15) is 0 Å². The number of pyridine rings is 1. The van der Waals surface area contributed by atoms with Crippen molar-refractivity contribution in [3.63, 3.8) is 0 Å². The first-order chi connectivity index (χ1) is 8.88. The molecule has 2 aromatic rings. The first kappa shape index (κ1) is 13.8. The summed E-state index contributed by atoms with van der Waals surface area (Å²) in [7, 11) is 0. The van der Waals surface area contributed by atoms with E-state index in [0.717, 1.165) is 27.5 Å². The van der Waals surface area contributed by atoms with Crippen molar-refractivity contribution in [3.05, 3.63) is 30.1 Å². The molecule has 7 heteroatoms. The number of thioether (sulfide) groups is 2. The number of nitrogens with zero attached hydrogens (tertiary/aromatic N) is 3. The number of aromatic nitrogens is 3. The minimum absolute atomic E-state index is 0.862. The molecule has 0 aliphatic heterocycles. The Labute approximate surface area is 119 Å². The molecule has 0 aromatic carbocycles. The Morgan fingerprint density at radius 1 is 1.33 bits per heavy atom. The molecule has 1 N–H and O–H groups in total. The molecule has 0 fully saturated rings. The predicted molar refractivity (Wildman–Crippen MR) is 78.4 cm³/mol. The molecular formula is C11H14N4S3. The van der Waals surface area contributed by atoms with E-state index in [1.165, 1.54) is 5.56 Å². The van der Waals surface area contributed by atoms with E-state index in [4.69, 9.17) is 0 Å². The molecule has 0 radical (unpaired) electrons. The average molecular weight is 298 g/mol. The molecule has 0 unspecified atom stereocenters. The second kappa shape index (κ2) is 7.73. The molecule has 0 amide bonds. The first-order valence-corrected chi connectivity index (χ1v) is 8.51. The lowest BCUT2D eigenvalue weighted by Crippen LogP contribution is -2.16. The van der Waals surface area contributed by atoms with Gasteiger partial charge < -0.3 is 5.32 Å². The standard InChI is InChI=1S/C11H14N4S3/c1-16-10-14-15-11(18-10)17-6-5-13-8-9-3-2-4-12-7-9/h2-4,7,13H,5-6,8H2,1H3. The van der Waals surface area contributed by atoms with Crippen LogP contribution >= 0.6 is 34.9 Å². The molecule has 0 saturated carbocycles. The molecule has 96 valence electrons. The van der Waals surface area contributed by atoms with Crippen molar-refractivity contribution in [2.75, 3.05) is 18.6 Å². The summed E-state index contributed by atoms with van der Waals surface area (Å²) in [6.07, 6.45) is 5.69. The van der Waals surface area contributed by atoms with E-state index >= 15 is 0 Å². The van der Waals surface area contributed by atoms with E-state index in [2.05, 4.69) is 26.6 Å². The normalized spacial score (nSPS) is 10.7. The molecule has 0 saturated heterocycles. The van der Waals surface area contributed by atoms with Gasteiger partial charge in [0.05, 0.1) is 0 Å². The summed E-state index contributed by atoms with van der Waals surface area (Å²) >= 11 is 5.04. The summed E-state index contributed by atoms with van der Waals surface area (Å²) in [5.74, 6) is 1.00. The molecular weight excluding hydrogens is 284 g/mol. The zero-order valence-corrected chi connectivity index (χ0v) is 12.4. The summed E-state index contributed by atoms with van der Waals surface area (Å²) < 4.78 is 2.07. The van der Waals surface area contributed by atoms with Crippen LogP contribution in [0.5, 0.6) is 0 Å². The number of rotatable bonds is 7. The Bertz CT molecular complexity index is 460. The molecule has 0 aliphatic rings. The Morgan fingerprint density at radius 2 is 2.22 bits per heavy atom. The van der Waals surface area contributed by atoms with Gasteiger partial charge in [-0.25, -0.2) is 0 Å². The topological polar surface area (TPSA) is 50.7 Å². The van der Waals surface area contributed by atoms with Crippen LogP contribution in [0.4, 0.5) is 0 Å². The zero-order chi connectivity index (χ0) is 12.6. The average Bonchev–Trinajstić information content (AvgIpc) is 2.87. The van der Waals surface area contributed by atoms with Gasteiger partial charge in [0.2, 0.25) is 0 Å². The molecule has 4 nitrogen and oxygen atoms in total. The van der Waals surface area contributed by atoms with Gasteiger partial charge in [-0.1, -0.05) is 40.9 Å². The highest BCUT2D eigenvalue weighted by atomic mass is 32.2. The molecule has 2 heterocycles. The van der Waals surface area contributed by atoms with Crippen LogP contribution < -0.4 is 5.32 Å². The lowest BCUT2D eigenvalue weighted by Gasteiger charge is -2.02. The van der Waals surface area contributed by atoms with Crippen LogP contribution in [0.2, 0.25) is 0 Å². The monoisotopic (exact) mass is 298 g/mol. The Balaban J connectivity index is 1.61. The van der Waals surface area contributed by atoms with Gasteiger partial charge >= 0.3 is 0 Å². The summed E-state index contributed by atoms with van der Waals surface area (Å²) in [5, 5.41) is 11.6. The third-order valence-electron chi connectivity index (χ3n) is 2.12. The third-order valence-corrected chi connectivity index (χ3v) is 5.15. The summed E-state index contributed by atoms with van der Waals surface area (Å²) in [6, 6.07) is 4.03. The van der Waals surface area contributed by atoms with Crippen LogP contribution in [0.1, 0.15) is 5.56 Å². The van der Waals surface area contributed by atoms with E-state index in [9.17, 15) is 0 Å². The molecule has 0 bridgehead atoms. The lowest BCUT2D eigenvalue weighted by atomic mass is 10.3. The van der Waals surface area contributed by atoms with Gasteiger partial charge in [-0.3, -0.25) is 4.98 Å². The van der Waals surface area contributed by atoms with Crippen molar-refractivity contribution in [2.45, 2.75) is 15.2 Å². The quantitative estimate of drug-likeness (QED) is 0.626. The van der Waals surface area contributed by atoms with E-state index in [1.807, 2.05) is 18.5 Å². The predicted octanol–water partition coefficient (Wildman–Crippen LogP) is 2.54. The maximum Gasteiger partial charge on any atom is 0.175 e. The van der Waals surface area contributed by atoms with Gasteiger partial charge in [-0.05, 0) is 17.9 Å². The van der Waals surface area contributed by atoms with E-state index < -0.39 is 0 Å². The fourth-order valence-corrected chi connectivity index (χ4v) is 3.69. The van der Waals surface area contributed by atoms with Gasteiger partial charge in [0.15, 0.2) is 8.68 Å². The SMILES string of the molecule is CSc1nnc(SCCNCc2cccnc2)s1. The second-order valence-corrected chi connectivity index (χ2v) is 6.80. The number of hydrogen-bond acceptors (Lipinski definition) is 7. The van der Waals surface area contributed by atoms with Gasteiger partial charge in [0.25, 0.3) is 0 Å². The van der Waals surface area contributed by atoms with Gasteiger partial charge in [0.1, 0.15) is 0 Å². The van der Waals surface area contributed by atoms with Crippen LogP contribution in [0.3, 0.4) is 0 Å². The van der Waals surface area contributed by atoms with Crippen LogP contribution in [0.25, 0.3) is 0 Å². The Kier molecular flexibility index (Phi) is 5.92. The van der Waals surface area contributed by atoms with Gasteiger partial charge in [0, 0.05) is 31.2 Å². The zero-order valence-electron chi connectivity index (χ0n) is 10.00. The van der Waals surface area contributed by atoms with Gasteiger partial charge in [-0.15, -0.1) is 10.2 Å². The highest BCUT2D eigenvalue weighted by molar-refractivity contribution is 8.02. The smallest absolute Gasteiger partial charge is 0.175 e. The summed E-state index contributed by atoms with van der Waals surface area (Å²) in [4.78, 5) is 4.08. The van der Waals surface area contributed by atoms with Crippen LogP contribution in [-0.4, -0.2) is 33.7 Å². The molecule has 0 aliphatic carbocycles. The summed E-state index contributed by atoms with van der Waals surface area (Å²) in [6.45, 7) is 1.81. The lowest BCUT2D eigenvalue weighted by molar-refractivity contribution is 0.729. The molecule has 18 heavy (non-hydrogen) atoms. The van der Waals surface area contributed by atoms with Crippen molar-refractivity contribution < 1.29 is 0 Å². The fourth-order valence-electron chi connectivity index (χ4n) is 1.28. The van der Waals surface area contributed by atoms with Crippen molar-refractivity contribution in [3.8, 4) is 0 Å². The third kappa shape index (κ3) is 4.56. The Morgan fingerprint density at radius 3 is 2.94 bits per heavy atom. The number of nitrogens with one attached hydrogen (secondary N) is 1. The maximum atomic E-state index is 4.12. The van der Waals surface area contributed by atoms with E-state index in [0.29, 0.717) is 0 Å². The molecule has 0 atom stereocenters. The highest BCUT2D eigenvalue weighted by Crippen LogP contribution is 2.26. The molecule has 2 rings (SSSR count). The maximum absolute atomic E-state index is 4.12. The fraction of sp³-hybridized carbons (Fsp3) is 0.364. The minimum atomic E-state index is 0.862. The molecule has 2 aromatic heterocycles. The highest BCUT2D eigenvalue weighted by Gasteiger charge is 2.02. The van der Waals surface area contributed by atoms with Crippen LogP contribution in [-0.2, 0) is 6.54 Å². The first-order valence-electron chi connectivity index (χ1n) is 5.48.